The van der Waals surface area contributed by atoms with Gasteiger partial charge in [-0.2, -0.15) is 0 Å². The topological polar surface area (TPSA) is 85.2 Å². The van der Waals surface area contributed by atoms with Crippen molar-refractivity contribution in [3.05, 3.63) is 49.1 Å². The molecule has 6 heteroatoms. The van der Waals surface area contributed by atoms with Crippen molar-refractivity contribution in [2.75, 3.05) is 10.6 Å². The van der Waals surface area contributed by atoms with E-state index in [-0.39, 0.29) is 11.8 Å². The van der Waals surface area contributed by atoms with E-state index in [0.29, 0.717) is 30.6 Å². The summed E-state index contributed by atoms with van der Waals surface area (Å²) in [7, 11) is 0. The summed E-state index contributed by atoms with van der Waals surface area (Å²) >= 11 is 0. The molecule has 2 heterocycles. The number of aromatic nitrogens is 2. The van der Waals surface area contributed by atoms with Gasteiger partial charge in [0, 0.05) is 25.1 Å². The SMILES string of the molecule is O=C(CCCC(=O)Nc1ccc[nH+]c1)Nc1cccnc1. The van der Waals surface area contributed by atoms with Gasteiger partial charge in [-0.1, -0.05) is 0 Å². The Morgan fingerprint density at radius 3 is 2.38 bits per heavy atom. The van der Waals surface area contributed by atoms with Crippen molar-refractivity contribution in [2.24, 2.45) is 0 Å². The lowest BCUT2D eigenvalue weighted by Gasteiger charge is -2.05. The highest BCUT2D eigenvalue weighted by molar-refractivity contribution is 5.92. The van der Waals surface area contributed by atoms with E-state index in [4.69, 9.17) is 0 Å². The van der Waals surface area contributed by atoms with Crippen LogP contribution in [0.5, 0.6) is 0 Å². The van der Waals surface area contributed by atoms with Gasteiger partial charge in [-0.3, -0.25) is 14.6 Å². The summed E-state index contributed by atoms with van der Waals surface area (Å²) in [6.07, 6.45) is 7.77. The lowest BCUT2D eigenvalue weighted by Crippen LogP contribution is -2.15. The second kappa shape index (κ2) is 7.74. The number of amides is 2. The van der Waals surface area contributed by atoms with Gasteiger partial charge in [-0.15, -0.1) is 0 Å². The Morgan fingerprint density at radius 1 is 1.05 bits per heavy atom. The van der Waals surface area contributed by atoms with Crippen LogP contribution in [0.3, 0.4) is 0 Å². The van der Waals surface area contributed by atoms with E-state index in [1.807, 2.05) is 0 Å². The fourth-order valence-corrected chi connectivity index (χ4v) is 1.76. The molecular formula is C15H17N4O2+. The highest BCUT2D eigenvalue weighted by Crippen LogP contribution is 2.06. The third-order valence-electron chi connectivity index (χ3n) is 2.74. The molecule has 2 aromatic rings. The van der Waals surface area contributed by atoms with Crippen molar-refractivity contribution in [3.63, 3.8) is 0 Å². The average molecular weight is 285 g/mol. The van der Waals surface area contributed by atoms with E-state index in [9.17, 15) is 9.59 Å². The molecule has 108 valence electrons. The number of pyridine rings is 2. The summed E-state index contributed by atoms with van der Waals surface area (Å²) in [5.74, 6) is -0.229. The molecule has 0 saturated heterocycles. The largest absolute Gasteiger partial charge is 0.325 e. The van der Waals surface area contributed by atoms with E-state index in [1.54, 1.807) is 49.1 Å². The summed E-state index contributed by atoms with van der Waals surface area (Å²) in [6, 6.07) is 7.11. The van der Waals surface area contributed by atoms with Gasteiger partial charge in [0.05, 0.1) is 11.9 Å². The molecule has 21 heavy (non-hydrogen) atoms. The van der Waals surface area contributed by atoms with Crippen LogP contribution < -0.4 is 15.6 Å². The van der Waals surface area contributed by atoms with Crippen LogP contribution in [0.15, 0.2) is 49.1 Å². The van der Waals surface area contributed by atoms with E-state index < -0.39 is 0 Å². The van der Waals surface area contributed by atoms with Crippen LogP contribution in [0.25, 0.3) is 0 Å². The second-order valence-electron chi connectivity index (χ2n) is 4.48. The summed E-state index contributed by atoms with van der Waals surface area (Å²) in [5.41, 5.74) is 1.37. The maximum Gasteiger partial charge on any atom is 0.224 e. The fourth-order valence-electron chi connectivity index (χ4n) is 1.76. The molecule has 0 atom stereocenters. The normalized spacial score (nSPS) is 9.90. The van der Waals surface area contributed by atoms with E-state index >= 15 is 0 Å². The first-order chi connectivity index (χ1) is 10.2. The van der Waals surface area contributed by atoms with Gasteiger partial charge in [0.25, 0.3) is 0 Å². The smallest absolute Gasteiger partial charge is 0.224 e. The molecule has 0 fully saturated rings. The number of nitrogens with one attached hydrogen (secondary N) is 3. The van der Waals surface area contributed by atoms with E-state index in [2.05, 4.69) is 20.6 Å². The molecule has 0 aliphatic carbocycles. The van der Waals surface area contributed by atoms with Crippen LogP contribution in [0.2, 0.25) is 0 Å². The van der Waals surface area contributed by atoms with E-state index in [1.165, 1.54) is 0 Å². The second-order valence-corrected chi connectivity index (χ2v) is 4.48. The Morgan fingerprint density at radius 2 is 1.76 bits per heavy atom. The zero-order valence-electron chi connectivity index (χ0n) is 11.5. The van der Waals surface area contributed by atoms with Crippen LogP contribution >= 0.6 is 0 Å². The van der Waals surface area contributed by atoms with Gasteiger partial charge in [-0.25, -0.2) is 4.98 Å². The molecule has 2 aromatic heterocycles. The molecule has 0 saturated carbocycles. The molecule has 3 N–H and O–H groups in total. The van der Waals surface area contributed by atoms with Crippen LogP contribution in [0.4, 0.5) is 11.4 Å². The minimum absolute atomic E-state index is 0.108. The maximum atomic E-state index is 11.7. The Balaban J connectivity index is 1.67. The molecule has 0 unspecified atom stereocenters. The van der Waals surface area contributed by atoms with Crippen LogP contribution in [-0.4, -0.2) is 16.8 Å². The van der Waals surface area contributed by atoms with Gasteiger partial charge in [0.2, 0.25) is 11.8 Å². The minimum Gasteiger partial charge on any atom is -0.325 e. The number of hydrogen-bond donors (Lipinski definition) is 2. The van der Waals surface area contributed by atoms with Crippen molar-refractivity contribution >= 4 is 23.2 Å². The van der Waals surface area contributed by atoms with Gasteiger partial charge in [0.1, 0.15) is 5.69 Å². The average Bonchev–Trinajstić information content (AvgIpc) is 2.49. The van der Waals surface area contributed by atoms with Crippen molar-refractivity contribution in [2.45, 2.75) is 19.3 Å². The summed E-state index contributed by atoms with van der Waals surface area (Å²) < 4.78 is 0. The number of hydrogen-bond acceptors (Lipinski definition) is 3. The third-order valence-corrected chi connectivity index (χ3v) is 2.74. The summed E-state index contributed by atoms with van der Waals surface area (Å²) in [4.78, 5) is 30.2. The molecule has 2 amide bonds. The van der Waals surface area contributed by atoms with Gasteiger partial charge >= 0.3 is 0 Å². The molecule has 0 bridgehead atoms. The molecule has 0 aromatic carbocycles. The van der Waals surface area contributed by atoms with Crippen molar-refractivity contribution in [1.29, 1.82) is 0 Å². The first-order valence-corrected chi connectivity index (χ1v) is 6.70. The zero-order valence-corrected chi connectivity index (χ0v) is 11.5. The number of H-pyrrole nitrogens is 1. The number of nitrogens with zero attached hydrogens (tertiary/aromatic N) is 1. The molecule has 0 aliphatic rings. The molecule has 2 rings (SSSR count). The number of rotatable bonds is 6. The van der Waals surface area contributed by atoms with Crippen molar-refractivity contribution in [1.82, 2.24) is 4.98 Å². The van der Waals surface area contributed by atoms with Gasteiger partial charge in [0.15, 0.2) is 12.4 Å². The molecule has 0 radical (unpaired) electrons. The predicted octanol–water partition coefficient (Wildman–Crippen LogP) is 1.64. The third kappa shape index (κ3) is 5.40. The lowest BCUT2D eigenvalue weighted by atomic mass is 10.2. The van der Waals surface area contributed by atoms with Gasteiger partial charge < -0.3 is 10.6 Å². The van der Waals surface area contributed by atoms with Crippen molar-refractivity contribution in [3.8, 4) is 0 Å². The van der Waals surface area contributed by atoms with Crippen LogP contribution in [0, 0.1) is 0 Å². The summed E-state index contributed by atoms with van der Waals surface area (Å²) in [5, 5.41) is 5.48. The highest BCUT2D eigenvalue weighted by atomic mass is 16.2. The zero-order chi connectivity index (χ0) is 14.9. The predicted molar refractivity (Wildman–Crippen MR) is 78.3 cm³/mol. The highest BCUT2D eigenvalue weighted by Gasteiger charge is 2.07. The minimum atomic E-state index is -0.121. The molecule has 6 nitrogen and oxygen atoms in total. The Hall–Kier alpha value is -2.76. The number of aromatic amines is 1. The Kier molecular flexibility index (Phi) is 5.40. The first kappa shape index (κ1) is 14.6. The number of carbonyl (C=O) groups is 2. The quantitative estimate of drug-likeness (QED) is 0.846. The summed E-state index contributed by atoms with van der Waals surface area (Å²) in [6.45, 7) is 0. The van der Waals surface area contributed by atoms with E-state index in [0.717, 1.165) is 0 Å². The van der Waals surface area contributed by atoms with Gasteiger partial charge in [-0.05, 0) is 24.6 Å². The first-order valence-electron chi connectivity index (χ1n) is 6.70. The Bertz CT molecular complexity index is 534. The standard InChI is InChI=1S/C15H16N4O2/c20-14(18-12-4-2-8-16-10-12)6-1-7-15(21)19-13-5-3-9-17-11-13/h2-5,8-11H,1,6-7H2,(H,18,20)(H,19,21)/p+1. The molecule has 0 spiro atoms. The van der Waals surface area contributed by atoms with Crippen molar-refractivity contribution < 1.29 is 14.6 Å². The number of anilines is 2. The molecular weight excluding hydrogens is 268 g/mol. The lowest BCUT2D eigenvalue weighted by molar-refractivity contribution is -0.377. The molecule has 0 aliphatic heterocycles. The Labute approximate surface area is 122 Å². The van der Waals surface area contributed by atoms with Crippen LogP contribution in [0.1, 0.15) is 19.3 Å². The fraction of sp³-hybridized carbons (Fsp3) is 0.200. The van der Waals surface area contributed by atoms with Crippen LogP contribution in [-0.2, 0) is 9.59 Å². The monoisotopic (exact) mass is 285 g/mol. The number of carbonyl (C=O) groups excluding carboxylic acids is 2. The maximum absolute atomic E-state index is 11.7.